The highest BCUT2D eigenvalue weighted by atomic mass is 32.2. The third kappa shape index (κ3) is 29.4. The lowest BCUT2D eigenvalue weighted by Crippen LogP contribution is -2.32. The number of azide groups is 1. The van der Waals surface area contributed by atoms with E-state index < -0.39 is 4.75 Å². The van der Waals surface area contributed by atoms with Gasteiger partial charge in [-0.15, -0.1) is 11.8 Å². The summed E-state index contributed by atoms with van der Waals surface area (Å²) in [7, 11) is 0. The Labute approximate surface area is 268 Å². The average molecular weight is 654 g/mol. The van der Waals surface area contributed by atoms with E-state index in [9.17, 15) is 4.79 Å². The molecule has 0 amide bonds. The molecule has 0 heterocycles. The minimum absolute atomic E-state index is 0.198. The molecule has 0 saturated heterocycles. The molecule has 0 aliphatic heterocycles. The van der Waals surface area contributed by atoms with Crippen molar-refractivity contribution in [2.24, 2.45) is 5.11 Å². The Morgan fingerprint density at radius 1 is 0.714 bits per heavy atom. The zero-order chi connectivity index (χ0) is 31.0. The number of carbonyl (C=O) groups is 1. The molecule has 0 aromatic rings. The molecule has 0 aliphatic carbocycles. The molecule has 13 heteroatoms. The summed E-state index contributed by atoms with van der Waals surface area (Å²) >= 11 is 8.57. The summed E-state index contributed by atoms with van der Waals surface area (Å²) in [5.74, 6) is 0.719. The van der Waals surface area contributed by atoms with Crippen LogP contribution in [0.3, 0.4) is 0 Å². The Morgan fingerprint density at radius 2 is 1.14 bits per heavy atom. The molecule has 0 rings (SSSR count). The van der Waals surface area contributed by atoms with Crippen molar-refractivity contribution < 1.29 is 33.2 Å². The lowest BCUT2D eigenvalue weighted by atomic mass is 10.1. The van der Waals surface area contributed by atoms with Gasteiger partial charge in [-0.25, -0.2) is 0 Å². The van der Waals surface area contributed by atoms with E-state index in [0.29, 0.717) is 72.6 Å². The molecule has 42 heavy (non-hydrogen) atoms. The standard InChI is InChI=1S/C29H55N3O7S3/c1-4-5-6-7-8-9-10-11-12-13-26-41-28(40)42-29(2,3)27(33)39-25-24-38-23-22-37-21-20-36-19-18-35-17-16-34-15-14-31-32-30/h4-26H2,1-3H3. The first-order chi connectivity index (χ1) is 20.4. The van der Waals surface area contributed by atoms with Crippen LogP contribution in [0.4, 0.5) is 0 Å². The van der Waals surface area contributed by atoms with Crippen molar-refractivity contribution in [3.05, 3.63) is 10.4 Å². The van der Waals surface area contributed by atoms with Crippen LogP contribution >= 0.6 is 35.7 Å². The second-order valence-corrected chi connectivity index (χ2v) is 14.0. The lowest BCUT2D eigenvalue weighted by Gasteiger charge is -2.22. The molecule has 0 N–H and O–H groups in total. The van der Waals surface area contributed by atoms with E-state index in [-0.39, 0.29) is 12.6 Å². The van der Waals surface area contributed by atoms with Crippen molar-refractivity contribution in [2.75, 3.05) is 85.0 Å². The highest BCUT2D eigenvalue weighted by Gasteiger charge is 2.31. The van der Waals surface area contributed by atoms with E-state index in [2.05, 4.69) is 16.9 Å². The van der Waals surface area contributed by atoms with Crippen LogP contribution in [0.25, 0.3) is 10.4 Å². The maximum absolute atomic E-state index is 12.5. The van der Waals surface area contributed by atoms with Gasteiger partial charge in [0.1, 0.15) is 14.9 Å². The van der Waals surface area contributed by atoms with Crippen LogP contribution in [0.15, 0.2) is 5.11 Å². The molecular weight excluding hydrogens is 599 g/mol. The van der Waals surface area contributed by atoms with Crippen LogP contribution in [0, 0.1) is 0 Å². The zero-order valence-corrected chi connectivity index (χ0v) is 28.6. The number of thiocarbonyl (C=S) groups is 1. The van der Waals surface area contributed by atoms with Gasteiger partial charge in [-0.05, 0) is 31.6 Å². The topological polar surface area (TPSA) is 121 Å². The number of thioether (sulfide) groups is 2. The minimum Gasteiger partial charge on any atom is -0.462 e. The SMILES string of the molecule is CCCCCCCCCCCCSC(=S)SC(C)(C)C(=O)OCCOCCOCCOCCOCCOCCN=[N+]=[N-]. The van der Waals surface area contributed by atoms with Crippen LogP contribution < -0.4 is 0 Å². The van der Waals surface area contributed by atoms with Gasteiger partial charge in [0.2, 0.25) is 0 Å². The second kappa shape index (κ2) is 31.8. The predicted octanol–water partition coefficient (Wildman–Crippen LogP) is 7.37. The molecule has 0 bridgehead atoms. The molecule has 246 valence electrons. The van der Waals surface area contributed by atoms with Gasteiger partial charge in [-0.2, -0.15) is 0 Å². The third-order valence-corrected chi connectivity index (χ3v) is 8.67. The summed E-state index contributed by atoms with van der Waals surface area (Å²) in [5, 5.41) is 3.37. The highest BCUT2D eigenvalue weighted by molar-refractivity contribution is 8.47. The Balaban J connectivity index is 3.52. The van der Waals surface area contributed by atoms with Gasteiger partial charge in [0, 0.05) is 11.5 Å². The van der Waals surface area contributed by atoms with E-state index in [0.717, 1.165) is 15.7 Å². The van der Waals surface area contributed by atoms with Crippen molar-refractivity contribution in [3.8, 4) is 0 Å². The summed E-state index contributed by atoms with van der Waals surface area (Å²) in [5.41, 5.74) is 8.14. The largest absolute Gasteiger partial charge is 0.462 e. The molecule has 0 aromatic heterocycles. The van der Waals surface area contributed by atoms with Gasteiger partial charge in [-0.1, -0.05) is 93.8 Å². The number of unbranched alkanes of at least 4 members (excludes halogenated alkanes) is 9. The summed E-state index contributed by atoms with van der Waals surface area (Å²) in [6.45, 7) is 10.8. The zero-order valence-electron chi connectivity index (χ0n) is 26.2. The monoisotopic (exact) mass is 653 g/mol. The van der Waals surface area contributed by atoms with Gasteiger partial charge in [0.05, 0.1) is 66.1 Å². The average Bonchev–Trinajstić information content (AvgIpc) is 2.96. The number of hydrogen-bond acceptors (Lipinski definition) is 11. The van der Waals surface area contributed by atoms with Crippen LogP contribution in [0.2, 0.25) is 0 Å². The Bertz CT molecular complexity index is 699. The lowest BCUT2D eigenvalue weighted by molar-refractivity contribution is -0.147. The summed E-state index contributed by atoms with van der Waals surface area (Å²) in [6, 6.07) is 0. The fourth-order valence-corrected chi connectivity index (χ4v) is 6.58. The maximum Gasteiger partial charge on any atom is 0.322 e. The van der Waals surface area contributed by atoms with E-state index in [1.54, 1.807) is 11.8 Å². The molecule has 0 spiro atoms. The van der Waals surface area contributed by atoms with Crippen LogP contribution in [0.5, 0.6) is 0 Å². The van der Waals surface area contributed by atoms with Crippen molar-refractivity contribution in [1.29, 1.82) is 0 Å². The molecule has 0 aromatic carbocycles. The molecule has 10 nitrogen and oxygen atoms in total. The van der Waals surface area contributed by atoms with Crippen molar-refractivity contribution >= 4 is 45.2 Å². The number of hydrogen-bond donors (Lipinski definition) is 0. The molecule has 0 fully saturated rings. The van der Waals surface area contributed by atoms with Crippen molar-refractivity contribution in [3.63, 3.8) is 0 Å². The van der Waals surface area contributed by atoms with E-state index in [4.69, 9.17) is 46.2 Å². The number of esters is 1. The van der Waals surface area contributed by atoms with E-state index >= 15 is 0 Å². The summed E-state index contributed by atoms with van der Waals surface area (Å²) < 4.78 is 32.4. The maximum atomic E-state index is 12.5. The van der Waals surface area contributed by atoms with Gasteiger partial charge in [0.15, 0.2) is 0 Å². The number of rotatable bonds is 31. The number of carbonyl (C=O) groups excluding carboxylic acids is 1. The van der Waals surface area contributed by atoms with E-state index in [1.165, 1.54) is 69.5 Å². The summed E-state index contributed by atoms with van der Waals surface area (Å²) in [6.07, 6.45) is 13.2. The first-order valence-electron chi connectivity index (χ1n) is 15.4. The quantitative estimate of drug-likeness (QED) is 0.0187. The molecule has 0 radical (unpaired) electrons. The predicted molar refractivity (Wildman–Crippen MR) is 178 cm³/mol. The number of nitrogens with zero attached hydrogens (tertiary/aromatic N) is 3. The van der Waals surface area contributed by atoms with Crippen LogP contribution in [-0.2, 0) is 33.2 Å². The highest BCUT2D eigenvalue weighted by Crippen LogP contribution is 2.32. The third-order valence-electron chi connectivity index (χ3n) is 5.90. The fraction of sp³-hybridized carbons (Fsp3) is 0.931. The van der Waals surface area contributed by atoms with Gasteiger partial charge in [-0.3, -0.25) is 4.79 Å². The fourth-order valence-electron chi connectivity index (χ4n) is 3.52. The van der Waals surface area contributed by atoms with Crippen molar-refractivity contribution in [2.45, 2.75) is 89.7 Å². The molecular formula is C29H55N3O7S3. The van der Waals surface area contributed by atoms with Gasteiger partial charge in [0.25, 0.3) is 0 Å². The first-order valence-corrected chi connectivity index (χ1v) is 17.6. The Hall–Kier alpha value is -0.630. The molecule has 0 atom stereocenters. The second-order valence-electron chi connectivity index (χ2n) is 10.0. The smallest absolute Gasteiger partial charge is 0.322 e. The van der Waals surface area contributed by atoms with Gasteiger partial charge < -0.3 is 28.4 Å². The van der Waals surface area contributed by atoms with Crippen LogP contribution in [0.1, 0.15) is 85.0 Å². The molecule has 0 saturated carbocycles. The Morgan fingerprint density at radius 3 is 1.62 bits per heavy atom. The normalized spacial score (nSPS) is 11.4. The number of ether oxygens (including phenoxy) is 6. The van der Waals surface area contributed by atoms with Crippen LogP contribution in [-0.4, -0.2) is 99.2 Å². The molecule has 0 unspecified atom stereocenters. The summed E-state index contributed by atoms with van der Waals surface area (Å²) in [4.78, 5) is 15.2. The van der Waals surface area contributed by atoms with Gasteiger partial charge >= 0.3 is 5.97 Å². The first kappa shape index (κ1) is 41.4. The van der Waals surface area contributed by atoms with E-state index in [1.807, 2.05) is 13.8 Å². The molecule has 0 aliphatic rings. The Kier molecular flexibility index (Phi) is 31.3. The minimum atomic E-state index is -0.724. The van der Waals surface area contributed by atoms with Crippen molar-refractivity contribution in [1.82, 2.24) is 0 Å².